The number of nitrogens with one attached hydrogen (secondary N) is 1. The lowest BCUT2D eigenvalue weighted by atomic mass is 9.99. The van der Waals surface area contributed by atoms with E-state index in [9.17, 15) is 0 Å². The molecule has 3 heterocycles. The number of nitrogen functional groups attached to an aromatic ring is 1. The largest absolute Gasteiger partial charge is 0.382 e. The Morgan fingerprint density at radius 1 is 1.00 bits per heavy atom. The van der Waals surface area contributed by atoms with Gasteiger partial charge in [-0.25, -0.2) is 15.0 Å². The Bertz CT molecular complexity index is 1350. The molecular weight excluding hydrogens is 374 g/mol. The lowest BCUT2D eigenvalue weighted by Crippen LogP contribution is -2.02. The predicted molar refractivity (Wildman–Crippen MR) is 120 cm³/mol. The minimum atomic E-state index is 0.388. The Morgan fingerprint density at radius 3 is 2.60 bits per heavy atom. The van der Waals surface area contributed by atoms with Crippen molar-refractivity contribution in [2.45, 2.75) is 26.4 Å². The Morgan fingerprint density at radius 2 is 1.83 bits per heavy atom. The molecule has 0 fully saturated rings. The molecule has 0 unspecified atom stereocenters. The number of H-pyrrole nitrogens is 1. The first-order chi connectivity index (χ1) is 14.7. The second kappa shape index (κ2) is 7.27. The van der Waals surface area contributed by atoms with Gasteiger partial charge in [0.25, 0.3) is 0 Å². The zero-order valence-corrected chi connectivity index (χ0v) is 16.8. The lowest BCUT2D eigenvalue weighted by molar-refractivity contribution is 0.817. The van der Waals surface area contributed by atoms with E-state index in [0.717, 1.165) is 34.2 Å². The third-order valence-corrected chi connectivity index (χ3v) is 5.55. The van der Waals surface area contributed by atoms with E-state index in [2.05, 4.69) is 69.3 Å². The highest BCUT2D eigenvalue weighted by Crippen LogP contribution is 2.30. The fourth-order valence-corrected chi connectivity index (χ4v) is 3.91. The van der Waals surface area contributed by atoms with Crippen LogP contribution in [0.1, 0.15) is 23.7 Å². The van der Waals surface area contributed by atoms with Gasteiger partial charge in [0, 0.05) is 17.6 Å². The maximum absolute atomic E-state index is 5.95. The monoisotopic (exact) mass is 397 g/mol. The summed E-state index contributed by atoms with van der Waals surface area (Å²) in [6.45, 7) is 3.24. The van der Waals surface area contributed by atoms with Crippen LogP contribution in [-0.2, 0) is 19.5 Å². The van der Waals surface area contributed by atoms with E-state index < -0.39 is 0 Å². The summed E-state index contributed by atoms with van der Waals surface area (Å²) in [5, 5.41) is 1.14. The molecule has 2 aromatic carbocycles. The predicted octanol–water partition coefficient (Wildman–Crippen LogP) is 3.63. The molecule has 5 aromatic rings. The number of benzene rings is 2. The van der Waals surface area contributed by atoms with Crippen molar-refractivity contribution in [2.75, 3.05) is 5.73 Å². The molecule has 30 heavy (non-hydrogen) atoms. The number of rotatable bonds is 5. The average molecular weight is 397 g/mol. The number of nitrogens with two attached hydrogens (primary N) is 2. The molecule has 7 heteroatoms. The van der Waals surface area contributed by atoms with Crippen LogP contribution in [0.2, 0.25) is 0 Å². The van der Waals surface area contributed by atoms with Crippen LogP contribution in [0.15, 0.2) is 55.1 Å². The highest BCUT2D eigenvalue weighted by atomic mass is 15.1. The second-order valence-electron chi connectivity index (χ2n) is 7.45. The molecule has 5 rings (SSSR count). The van der Waals surface area contributed by atoms with E-state index in [-0.39, 0.29) is 0 Å². The van der Waals surface area contributed by atoms with Gasteiger partial charge in [0.2, 0.25) is 0 Å². The summed E-state index contributed by atoms with van der Waals surface area (Å²) < 4.78 is 2.00. The number of hydrogen-bond donors (Lipinski definition) is 3. The standard InChI is InChI=1S/C23H23N7/c1-2-14-3-5-15(6-4-14)16-7-17-9-19(10-24)29-20(17)18(8-16)11-30-13-28-21-22(25)26-12-27-23(21)30/h3-9,12-13,29H,2,10-11,24H2,1H3,(H2,25,26,27). The van der Waals surface area contributed by atoms with Crippen LogP contribution in [0.4, 0.5) is 5.82 Å². The molecule has 0 saturated carbocycles. The maximum atomic E-state index is 5.95. The Hall–Kier alpha value is -3.71. The fraction of sp³-hybridized carbons (Fsp3) is 0.174. The summed E-state index contributed by atoms with van der Waals surface area (Å²) in [5.74, 6) is 0.388. The van der Waals surface area contributed by atoms with Gasteiger partial charge in [-0.15, -0.1) is 0 Å². The molecule has 7 nitrogen and oxygen atoms in total. The number of anilines is 1. The van der Waals surface area contributed by atoms with Crippen molar-refractivity contribution in [1.82, 2.24) is 24.5 Å². The first-order valence-corrected chi connectivity index (χ1v) is 10.0. The minimum Gasteiger partial charge on any atom is -0.382 e. The first-order valence-electron chi connectivity index (χ1n) is 10.0. The summed E-state index contributed by atoms with van der Waals surface area (Å²) in [6, 6.07) is 15.3. The summed E-state index contributed by atoms with van der Waals surface area (Å²) in [7, 11) is 0. The zero-order chi connectivity index (χ0) is 20.7. The fourth-order valence-electron chi connectivity index (χ4n) is 3.91. The highest BCUT2D eigenvalue weighted by Gasteiger charge is 2.13. The first kappa shape index (κ1) is 18.3. The molecule has 0 atom stereocenters. The van der Waals surface area contributed by atoms with Gasteiger partial charge in [0.05, 0.1) is 18.4 Å². The quantitative estimate of drug-likeness (QED) is 0.419. The van der Waals surface area contributed by atoms with E-state index in [1.807, 2.05) is 4.57 Å². The number of aryl methyl sites for hydroxylation is 1. The number of imidazole rings is 1. The molecular formula is C23H23N7. The lowest BCUT2D eigenvalue weighted by Gasteiger charge is -2.10. The van der Waals surface area contributed by atoms with E-state index in [4.69, 9.17) is 11.5 Å². The van der Waals surface area contributed by atoms with Crippen molar-refractivity contribution in [3.63, 3.8) is 0 Å². The second-order valence-corrected chi connectivity index (χ2v) is 7.45. The summed E-state index contributed by atoms with van der Waals surface area (Å²) in [5.41, 5.74) is 20.1. The van der Waals surface area contributed by atoms with E-state index in [1.54, 1.807) is 6.33 Å². The van der Waals surface area contributed by atoms with Crippen LogP contribution in [0.3, 0.4) is 0 Å². The Balaban J connectivity index is 1.65. The molecule has 0 aliphatic heterocycles. The molecule has 0 aliphatic carbocycles. The third-order valence-electron chi connectivity index (χ3n) is 5.55. The molecule has 0 saturated heterocycles. The zero-order valence-electron chi connectivity index (χ0n) is 16.8. The molecule has 3 aromatic heterocycles. The third kappa shape index (κ3) is 3.09. The maximum Gasteiger partial charge on any atom is 0.165 e. The van der Waals surface area contributed by atoms with E-state index in [0.29, 0.717) is 24.4 Å². The van der Waals surface area contributed by atoms with Crippen LogP contribution < -0.4 is 11.5 Å². The summed E-state index contributed by atoms with van der Waals surface area (Å²) in [6.07, 6.45) is 4.26. The Kier molecular flexibility index (Phi) is 4.44. The van der Waals surface area contributed by atoms with Gasteiger partial charge in [0.15, 0.2) is 11.5 Å². The van der Waals surface area contributed by atoms with Crippen molar-refractivity contribution in [2.24, 2.45) is 5.73 Å². The topological polar surface area (TPSA) is 111 Å². The molecule has 150 valence electrons. The van der Waals surface area contributed by atoms with Gasteiger partial charge in [-0.1, -0.05) is 31.2 Å². The number of fused-ring (bicyclic) bond motifs is 2. The van der Waals surface area contributed by atoms with Crippen molar-refractivity contribution >= 4 is 27.9 Å². The summed E-state index contributed by atoms with van der Waals surface area (Å²) in [4.78, 5) is 16.3. The van der Waals surface area contributed by atoms with Crippen molar-refractivity contribution in [1.29, 1.82) is 0 Å². The SMILES string of the molecule is CCc1ccc(-c2cc(Cn3cnc4c(N)ncnc43)c3[nH]c(CN)cc3c2)cc1. The molecule has 5 N–H and O–H groups in total. The smallest absolute Gasteiger partial charge is 0.165 e. The molecule has 0 radical (unpaired) electrons. The number of aromatic nitrogens is 5. The molecule has 0 bridgehead atoms. The van der Waals surface area contributed by atoms with Gasteiger partial charge in [-0.2, -0.15) is 0 Å². The van der Waals surface area contributed by atoms with Gasteiger partial charge in [-0.3, -0.25) is 0 Å². The number of hydrogen-bond acceptors (Lipinski definition) is 5. The Labute approximate surface area is 173 Å². The van der Waals surface area contributed by atoms with Crippen molar-refractivity contribution < 1.29 is 0 Å². The average Bonchev–Trinajstić information content (AvgIpc) is 3.39. The van der Waals surface area contributed by atoms with E-state index >= 15 is 0 Å². The van der Waals surface area contributed by atoms with Gasteiger partial charge >= 0.3 is 0 Å². The van der Waals surface area contributed by atoms with Crippen molar-refractivity contribution in [3.05, 3.63) is 71.9 Å². The van der Waals surface area contributed by atoms with E-state index in [1.165, 1.54) is 23.0 Å². The number of nitrogens with zero attached hydrogens (tertiary/aromatic N) is 4. The van der Waals surface area contributed by atoms with Gasteiger partial charge in [-0.05, 0) is 46.9 Å². The van der Waals surface area contributed by atoms with Crippen LogP contribution >= 0.6 is 0 Å². The highest BCUT2D eigenvalue weighted by molar-refractivity contribution is 5.89. The van der Waals surface area contributed by atoms with Crippen LogP contribution in [0.25, 0.3) is 33.2 Å². The van der Waals surface area contributed by atoms with Crippen molar-refractivity contribution in [3.8, 4) is 11.1 Å². The van der Waals surface area contributed by atoms with Crippen LogP contribution in [0.5, 0.6) is 0 Å². The van der Waals surface area contributed by atoms with Crippen LogP contribution in [-0.4, -0.2) is 24.5 Å². The molecule has 0 aliphatic rings. The minimum absolute atomic E-state index is 0.388. The summed E-state index contributed by atoms with van der Waals surface area (Å²) >= 11 is 0. The van der Waals surface area contributed by atoms with Gasteiger partial charge < -0.3 is 21.0 Å². The molecule has 0 spiro atoms. The van der Waals surface area contributed by atoms with Crippen LogP contribution in [0, 0.1) is 0 Å². The van der Waals surface area contributed by atoms with Gasteiger partial charge in [0.1, 0.15) is 11.8 Å². The normalized spacial score (nSPS) is 11.5. The number of aromatic amines is 1. The molecule has 0 amide bonds.